The van der Waals surface area contributed by atoms with Crippen molar-refractivity contribution in [2.24, 2.45) is 0 Å². The van der Waals surface area contributed by atoms with Crippen molar-refractivity contribution in [2.75, 3.05) is 0 Å². The fraction of sp³-hybridized carbons (Fsp3) is 0.125. The second kappa shape index (κ2) is 4.36. The predicted molar refractivity (Wildman–Crippen MR) is 72.7 cm³/mol. The Kier molecular flexibility index (Phi) is 2.91. The van der Waals surface area contributed by atoms with E-state index in [9.17, 15) is 0 Å². The van der Waals surface area contributed by atoms with Crippen LogP contribution in [0.2, 0.25) is 0 Å². The molecule has 0 atom stereocenters. The summed E-state index contributed by atoms with van der Waals surface area (Å²) >= 11 is 0. The van der Waals surface area contributed by atoms with E-state index in [4.69, 9.17) is 0 Å². The van der Waals surface area contributed by atoms with Crippen molar-refractivity contribution in [2.45, 2.75) is 13.8 Å². The molecule has 0 aliphatic carbocycles. The van der Waals surface area contributed by atoms with Crippen molar-refractivity contribution >= 4 is 16.8 Å². The molecule has 0 unspecified atom stereocenters. The van der Waals surface area contributed by atoms with Crippen LogP contribution in [0.5, 0.6) is 0 Å². The lowest BCUT2D eigenvalue weighted by molar-refractivity contribution is 1.40. The summed E-state index contributed by atoms with van der Waals surface area (Å²) in [7, 11) is 0. The molecule has 0 spiro atoms. The summed E-state index contributed by atoms with van der Waals surface area (Å²) in [5, 5.41) is 2.64. The highest BCUT2D eigenvalue weighted by Crippen LogP contribution is 2.25. The lowest BCUT2D eigenvalue weighted by Gasteiger charge is -2.09. The Morgan fingerprint density at radius 3 is 2.62 bits per heavy atom. The summed E-state index contributed by atoms with van der Waals surface area (Å²) in [6.07, 6.45) is 5.93. The van der Waals surface area contributed by atoms with Crippen LogP contribution in [-0.2, 0) is 0 Å². The van der Waals surface area contributed by atoms with Crippen LogP contribution in [0.15, 0.2) is 49.1 Å². The predicted octanol–water partition coefficient (Wildman–Crippen LogP) is 4.66. The third-order valence-corrected chi connectivity index (χ3v) is 2.96. The molecule has 0 heterocycles. The van der Waals surface area contributed by atoms with E-state index in [1.807, 2.05) is 12.2 Å². The highest BCUT2D eigenvalue weighted by molar-refractivity contribution is 5.89. The van der Waals surface area contributed by atoms with Crippen molar-refractivity contribution in [3.63, 3.8) is 0 Å². The molecule has 80 valence electrons. The first-order chi connectivity index (χ1) is 7.74. The van der Waals surface area contributed by atoms with Gasteiger partial charge in [0, 0.05) is 0 Å². The minimum atomic E-state index is 1.30. The Bertz CT molecular complexity index is 560. The molecule has 0 aromatic heterocycles. The molecule has 0 bridgehead atoms. The van der Waals surface area contributed by atoms with Crippen LogP contribution in [0.1, 0.15) is 16.7 Å². The normalized spacial score (nSPS) is 11.1. The van der Waals surface area contributed by atoms with Crippen LogP contribution < -0.4 is 0 Å². The van der Waals surface area contributed by atoms with Crippen LogP contribution in [0.3, 0.4) is 0 Å². The second-order valence-corrected chi connectivity index (χ2v) is 4.05. The number of rotatable bonds is 2. The van der Waals surface area contributed by atoms with Gasteiger partial charge < -0.3 is 0 Å². The summed E-state index contributed by atoms with van der Waals surface area (Å²) in [6, 6.07) is 10.8. The third-order valence-electron chi connectivity index (χ3n) is 2.96. The first-order valence-corrected chi connectivity index (χ1v) is 5.52. The standard InChI is InChI=1S/C16H16/c1-4-5-9-15-12(2)11-14-8-6-7-10-16(14)13(15)3/h4-11H,1H2,2-3H3/b9-5-. The average molecular weight is 208 g/mol. The van der Waals surface area contributed by atoms with E-state index >= 15 is 0 Å². The van der Waals surface area contributed by atoms with E-state index in [0.29, 0.717) is 0 Å². The van der Waals surface area contributed by atoms with E-state index < -0.39 is 0 Å². The molecule has 2 aromatic rings. The van der Waals surface area contributed by atoms with Crippen LogP contribution >= 0.6 is 0 Å². The maximum absolute atomic E-state index is 3.71. The maximum atomic E-state index is 3.71. The van der Waals surface area contributed by atoms with Gasteiger partial charge in [-0.25, -0.2) is 0 Å². The quantitative estimate of drug-likeness (QED) is 0.630. The molecule has 0 saturated carbocycles. The Morgan fingerprint density at radius 1 is 1.12 bits per heavy atom. The molecule has 0 nitrogen and oxygen atoms in total. The maximum Gasteiger partial charge on any atom is -0.0149 e. The molecule has 0 N–H and O–H groups in total. The summed E-state index contributed by atoms with van der Waals surface area (Å²) in [6.45, 7) is 8.04. The van der Waals surface area contributed by atoms with E-state index in [0.717, 1.165) is 0 Å². The largest absolute Gasteiger partial charge is 0.0991 e. The Morgan fingerprint density at radius 2 is 1.88 bits per heavy atom. The Balaban J connectivity index is 2.75. The molecular formula is C16H16. The SMILES string of the molecule is C=C/C=C\c1c(C)cc2ccccc2c1C. The van der Waals surface area contributed by atoms with Gasteiger partial charge >= 0.3 is 0 Å². The van der Waals surface area contributed by atoms with Gasteiger partial charge in [-0.1, -0.05) is 55.1 Å². The fourth-order valence-corrected chi connectivity index (χ4v) is 2.14. The number of benzene rings is 2. The van der Waals surface area contributed by atoms with E-state index in [1.54, 1.807) is 0 Å². The molecule has 2 rings (SSSR count). The van der Waals surface area contributed by atoms with Gasteiger partial charge in [0.1, 0.15) is 0 Å². The van der Waals surface area contributed by atoms with Crippen LogP contribution in [0, 0.1) is 13.8 Å². The zero-order valence-corrected chi connectivity index (χ0v) is 9.83. The second-order valence-electron chi connectivity index (χ2n) is 4.05. The Labute approximate surface area is 96.9 Å². The van der Waals surface area contributed by atoms with Gasteiger partial charge in [-0.05, 0) is 41.3 Å². The number of hydrogen-bond acceptors (Lipinski definition) is 0. The van der Waals surface area contributed by atoms with Gasteiger partial charge in [-0.3, -0.25) is 0 Å². The number of allylic oxidation sites excluding steroid dienone is 2. The molecule has 0 aliphatic heterocycles. The minimum Gasteiger partial charge on any atom is -0.0991 e. The lowest BCUT2D eigenvalue weighted by atomic mass is 9.95. The summed E-state index contributed by atoms with van der Waals surface area (Å²) < 4.78 is 0. The molecule has 0 amide bonds. The highest BCUT2D eigenvalue weighted by Gasteiger charge is 2.04. The molecule has 0 radical (unpaired) electrons. The molecule has 0 heteroatoms. The molecule has 0 saturated heterocycles. The van der Waals surface area contributed by atoms with Crippen molar-refractivity contribution in [3.05, 3.63) is 65.8 Å². The molecule has 16 heavy (non-hydrogen) atoms. The average Bonchev–Trinajstić information content (AvgIpc) is 2.29. The number of fused-ring (bicyclic) bond motifs is 1. The van der Waals surface area contributed by atoms with Crippen molar-refractivity contribution < 1.29 is 0 Å². The topological polar surface area (TPSA) is 0 Å². The molecule has 0 aliphatic rings. The first-order valence-electron chi connectivity index (χ1n) is 5.52. The lowest BCUT2D eigenvalue weighted by Crippen LogP contribution is -1.88. The third kappa shape index (κ3) is 1.79. The van der Waals surface area contributed by atoms with Crippen LogP contribution in [-0.4, -0.2) is 0 Å². The van der Waals surface area contributed by atoms with E-state index in [1.165, 1.54) is 27.5 Å². The minimum absolute atomic E-state index is 1.30. The zero-order valence-electron chi connectivity index (χ0n) is 9.83. The molecule has 2 aromatic carbocycles. The van der Waals surface area contributed by atoms with Gasteiger partial charge in [-0.2, -0.15) is 0 Å². The molecular weight excluding hydrogens is 192 g/mol. The van der Waals surface area contributed by atoms with Gasteiger partial charge in [0.15, 0.2) is 0 Å². The summed E-state index contributed by atoms with van der Waals surface area (Å²) in [4.78, 5) is 0. The van der Waals surface area contributed by atoms with Crippen LogP contribution in [0.25, 0.3) is 16.8 Å². The van der Waals surface area contributed by atoms with Gasteiger partial charge in [0.25, 0.3) is 0 Å². The highest BCUT2D eigenvalue weighted by atomic mass is 14.1. The van der Waals surface area contributed by atoms with Gasteiger partial charge in [0.2, 0.25) is 0 Å². The monoisotopic (exact) mass is 208 g/mol. The van der Waals surface area contributed by atoms with Gasteiger partial charge in [-0.15, -0.1) is 0 Å². The van der Waals surface area contributed by atoms with Crippen LogP contribution in [0.4, 0.5) is 0 Å². The summed E-state index contributed by atoms with van der Waals surface area (Å²) in [5.41, 5.74) is 3.96. The van der Waals surface area contributed by atoms with Crippen molar-refractivity contribution in [1.29, 1.82) is 0 Å². The van der Waals surface area contributed by atoms with Crippen molar-refractivity contribution in [3.8, 4) is 0 Å². The van der Waals surface area contributed by atoms with E-state index in [2.05, 4.69) is 56.8 Å². The fourth-order valence-electron chi connectivity index (χ4n) is 2.14. The van der Waals surface area contributed by atoms with Crippen molar-refractivity contribution in [1.82, 2.24) is 0 Å². The smallest absolute Gasteiger partial charge is 0.0149 e. The zero-order chi connectivity index (χ0) is 11.5. The number of aryl methyl sites for hydroxylation is 2. The number of hydrogen-bond donors (Lipinski definition) is 0. The van der Waals surface area contributed by atoms with E-state index in [-0.39, 0.29) is 0 Å². The first kappa shape index (κ1) is 10.7. The van der Waals surface area contributed by atoms with Gasteiger partial charge in [0.05, 0.1) is 0 Å². The Hall–Kier alpha value is -1.82. The molecule has 0 fully saturated rings. The summed E-state index contributed by atoms with van der Waals surface area (Å²) in [5.74, 6) is 0.